The van der Waals surface area contributed by atoms with Crippen molar-refractivity contribution in [2.24, 2.45) is 5.92 Å². The maximum Gasteiger partial charge on any atom is 0.340 e. The van der Waals surface area contributed by atoms with Crippen LogP contribution < -0.4 is 4.72 Å². The lowest BCUT2D eigenvalue weighted by atomic mass is 10.1. The Kier molecular flexibility index (Phi) is 5.61. The molecule has 0 heterocycles. The van der Waals surface area contributed by atoms with Gasteiger partial charge in [-0.3, -0.25) is 4.79 Å². The molecule has 0 aliphatic carbocycles. The summed E-state index contributed by atoms with van der Waals surface area (Å²) < 4.78 is 44.3. The van der Waals surface area contributed by atoms with E-state index in [-0.39, 0.29) is 0 Å². The zero-order valence-electron chi connectivity index (χ0n) is 12.2. The summed E-state index contributed by atoms with van der Waals surface area (Å²) in [5.41, 5.74) is -0.417. The maximum atomic E-state index is 13.8. The molecule has 122 valence electrons. The summed E-state index contributed by atoms with van der Waals surface area (Å²) in [5.74, 6) is -3.87. The number of carbonyl (C=O) groups is 2. The molecule has 9 heteroatoms. The standard InChI is InChI=1S/C13H16FNO6S/c1-7(2)11(12(16)17)15-22(19,20)8-4-5-9(10(14)6-8)13(18)21-3/h4-7,11,15H,1-3H3,(H,16,17). The third-order valence-electron chi connectivity index (χ3n) is 2.87. The van der Waals surface area contributed by atoms with Gasteiger partial charge in [-0.2, -0.15) is 4.72 Å². The maximum absolute atomic E-state index is 13.8. The lowest BCUT2D eigenvalue weighted by Crippen LogP contribution is -2.44. The van der Waals surface area contributed by atoms with Crippen molar-refractivity contribution in [3.63, 3.8) is 0 Å². The molecular weight excluding hydrogens is 317 g/mol. The summed E-state index contributed by atoms with van der Waals surface area (Å²) in [4.78, 5) is 21.8. The van der Waals surface area contributed by atoms with E-state index in [2.05, 4.69) is 4.74 Å². The van der Waals surface area contributed by atoms with Crippen molar-refractivity contribution in [3.05, 3.63) is 29.6 Å². The van der Waals surface area contributed by atoms with Gasteiger partial charge >= 0.3 is 11.9 Å². The van der Waals surface area contributed by atoms with Gasteiger partial charge in [0.15, 0.2) is 0 Å². The lowest BCUT2D eigenvalue weighted by Gasteiger charge is -2.18. The Hall–Kier alpha value is -2.00. The number of methoxy groups -OCH3 is 1. The van der Waals surface area contributed by atoms with Gasteiger partial charge in [0.25, 0.3) is 0 Å². The van der Waals surface area contributed by atoms with Gasteiger partial charge in [0, 0.05) is 0 Å². The smallest absolute Gasteiger partial charge is 0.340 e. The molecule has 1 rings (SSSR count). The first kappa shape index (κ1) is 18.1. The number of sulfonamides is 1. The largest absolute Gasteiger partial charge is 0.480 e. The van der Waals surface area contributed by atoms with Crippen LogP contribution >= 0.6 is 0 Å². The fourth-order valence-corrected chi connectivity index (χ4v) is 2.99. The van der Waals surface area contributed by atoms with Crippen molar-refractivity contribution in [3.8, 4) is 0 Å². The molecule has 0 bridgehead atoms. The van der Waals surface area contributed by atoms with Gasteiger partial charge in [0.1, 0.15) is 11.9 Å². The van der Waals surface area contributed by atoms with Crippen LogP contribution in [-0.2, 0) is 19.6 Å². The second-order valence-corrected chi connectivity index (χ2v) is 6.53. The highest BCUT2D eigenvalue weighted by Gasteiger charge is 2.28. The van der Waals surface area contributed by atoms with Crippen molar-refractivity contribution >= 4 is 22.0 Å². The van der Waals surface area contributed by atoms with Crippen LogP contribution in [0, 0.1) is 11.7 Å². The van der Waals surface area contributed by atoms with Crippen molar-refractivity contribution in [1.82, 2.24) is 4.72 Å². The number of aliphatic carboxylic acids is 1. The number of esters is 1. The fraction of sp³-hybridized carbons (Fsp3) is 0.385. The first-order valence-corrected chi connectivity index (χ1v) is 7.71. The lowest BCUT2D eigenvalue weighted by molar-refractivity contribution is -0.140. The molecule has 0 aromatic heterocycles. The number of carbonyl (C=O) groups excluding carboxylic acids is 1. The van der Waals surface area contributed by atoms with Crippen molar-refractivity contribution in [2.75, 3.05) is 7.11 Å². The predicted octanol–water partition coefficient (Wildman–Crippen LogP) is 1.000. The zero-order valence-corrected chi connectivity index (χ0v) is 13.0. The van der Waals surface area contributed by atoms with E-state index in [4.69, 9.17) is 5.11 Å². The van der Waals surface area contributed by atoms with Crippen molar-refractivity contribution in [2.45, 2.75) is 24.8 Å². The quantitative estimate of drug-likeness (QED) is 0.752. The van der Waals surface area contributed by atoms with Crippen LogP contribution in [-0.4, -0.2) is 38.6 Å². The molecule has 0 saturated heterocycles. The molecule has 0 aliphatic rings. The summed E-state index contributed by atoms with van der Waals surface area (Å²) in [5, 5.41) is 9.00. The number of carboxylic acids is 1. The van der Waals surface area contributed by atoms with Gasteiger partial charge in [-0.05, 0) is 24.1 Å². The predicted molar refractivity (Wildman–Crippen MR) is 74.3 cm³/mol. The molecular formula is C13H16FNO6S. The van der Waals surface area contributed by atoms with E-state index in [1.165, 1.54) is 13.8 Å². The van der Waals surface area contributed by atoms with E-state index in [9.17, 15) is 22.4 Å². The zero-order chi connectivity index (χ0) is 17.1. The Morgan fingerprint density at radius 1 is 1.32 bits per heavy atom. The van der Waals surface area contributed by atoms with E-state index in [1.54, 1.807) is 0 Å². The number of ether oxygens (including phenoxy) is 1. The number of benzene rings is 1. The topological polar surface area (TPSA) is 110 Å². The molecule has 1 atom stereocenters. The molecule has 0 saturated carbocycles. The number of halogens is 1. The number of rotatable bonds is 6. The van der Waals surface area contributed by atoms with E-state index >= 15 is 0 Å². The average molecular weight is 333 g/mol. The molecule has 1 unspecified atom stereocenters. The van der Waals surface area contributed by atoms with Gasteiger partial charge in [0.05, 0.1) is 17.6 Å². The minimum Gasteiger partial charge on any atom is -0.480 e. The molecule has 0 amide bonds. The molecule has 2 N–H and O–H groups in total. The number of hydrogen-bond acceptors (Lipinski definition) is 5. The van der Waals surface area contributed by atoms with Crippen molar-refractivity contribution in [1.29, 1.82) is 0 Å². The Bertz CT molecular complexity index is 686. The van der Waals surface area contributed by atoms with Crippen molar-refractivity contribution < 1.29 is 32.2 Å². The monoisotopic (exact) mass is 333 g/mol. The summed E-state index contributed by atoms with van der Waals surface area (Å²) >= 11 is 0. The minimum atomic E-state index is -4.24. The van der Waals surface area contributed by atoms with E-state index in [0.717, 1.165) is 19.2 Å². The van der Waals surface area contributed by atoms with Crippen LogP contribution in [0.15, 0.2) is 23.1 Å². The second-order valence-electron chi connectivity index (χ2n) is 4.81. The van der Waals surface area contributed by atoms with Crippen LogP contribution in [0.5, 0.6) is 0 Å². The van der Waals surface area contributed by atoms with Gasteiger partial charge in [-0.1, -0.05) is 13.8 Å². The normalized spacial score (nSPS) is 13.0. The van der Waals surface area contributed by atoms with Crippen LogP contribution in [0.2, 0.25) is 0 Å². The van der Waals surface area contributed by atoms with Gasteiger partial charge in [0.2, 0.25) is 10.0 Å². The molecule has 1 aromatic carbocycles. The number of carboxylic acid groups (broad SMARTS) is 1. The Morgan fingerprint density at radius 2 is 1.91 bits per heavy atom. The molecule has 22 heavy (non-hydrogen) atoms. The molecule has 1 aromatic rings. The summed E-state index contributed by atoms with van der Waals surface area (Å²) in [6.07, 6.45) is 0. The van der Waals surface area contributed by atoms with Gasteiger partial charge < -0.3 is 9.84 Å². The van der Waals surface area contributed by atoms with Crippen LogP contribution in [0.4, 0.5) is 4.39 Å². The number of hydrogen-bond donors (Lipinski definition) is 2. The molecule has 0 fully saturated rings. The van der Waals surface area contributed by atoms with Gasteiger partial charge in [-0.15, -0.1) is 0 Å². The SMILES string of the molecule is COC(=O)c1ccc(S(=O)(=O)NC(C(=O)O)C(C)C)cc1F. The highest BCUT2D eigenvalue weighted by atomic mass is 32.2. The Balaban J connectivity index is 3.16. The summed E-state index contributed by atoms with van der Waals surface area (Å²) in [7, 11) is -3.18. The highest BCUT2D eigenvalue weighted by Crippen LogP contribution is 2.17. The molecule has 0 spiro atoms. The van der Waals surface area contributed by atoms with E-state index in [1.807, 2.05) is 4.72 Å². The first-order valence-electron chi connectivity index (χ1n) is 6.23. The Labute approximate surface area is 127 Å². The van der Waals surface area contributed by atoms with Crippen LogP contribution in [0.1, 0.15) is 24.2 Å². The average Bonchev–Trinajstić information content (AvgIpc) is 2.43. The second kappa shape index (κ2) is 6.84. The van der Waals surface area contributed by atoms with Crippen LogP contribution in [0.3, 0.4) is 0 Å². The highest BCUT2D eigenvalue weighted by molar-refractivity contribution is 7.89. The van der Waals surface area contributed by atoms with Crippen LogP contribution in [0.25, 0.3) is 0 Å². The first-order chi connectivity index (χ1) is 10.1. The van der Waals surface area contributed by atoms with E-state index < -0.39 is 50.2 Å². The molecule has 0 radical (unpaired) electrons. The Morgan fingerprint density at radius 3 is 2.32 bits per heavy atom. The summed E-state index contributed by atoms with van der Waals surface area (Å²) in [6, 6.07) is 1.24. The minimum absolute atomic E-state index is 0.417. The third-order valence-corrected chi connectivity index (χ3v) is 4.31. The van der Waals surface area contributed by atoms with Gasteiger partial charge in [-0.25, -0.2) is 17.6 Å². The molecule has 0 aliphatic heterocycles. The fourth-order valence-electron chi connectivity index (χ4n) is 1.65. The number of nitrogens with one attached hydrogen (secondary N) is 1. The van der Waals surface area contributed by atoms with E-state index in [0.29, 0.717) is 6.07 Å². The third kappa shape index (κ3) is 4.01. The molecule has 7 nitrogen and oxygen atoms in total. The summed E-state index contributed by atoms with van der Waals surface area (Å²) in [6.45, 7) is 3.06.